The van der Waals surface area contributed by atoms with E-state index in [9.17, 15) is 14.9 Å². The number of benzene rings is 1. The first-order chi connectivity index (χ1) is 8.99. The Morgan fingerprint density at radius 3 is 2.74 bits per heavy atom. The number of hydrogen-bond donors (Lipinski definition) is 1. The fraction of sp³-hybridized carbons (Fsp3) is 0.500. The summed E-state index contributed by atoms with van der Waals surface area (Å²) < 4.78 is 0. The number of carbonyl (C=O) groups is 1. The van der Waals surface area contributed by atoms with Crippen molar-refractivity contribution in [1.29, 1.82) is 0 Å². The predicted octanol–water partition coefficient (Wildman–Crippen LogP) is 2.82. The molecule has 1 aromatic carbocycles. The van der Waals surface area contributed by atoms with Gasteiger partial charge in [0, 0.05) is 23.2 Å². The van der Waals surface area contributed by atoms with E-state index in [0.29, 0.717) is 17.0 Å². The van der Waals surface area contributed by atoms with Crippen LogP contribution in [0.2, 0.25) is 0 Å². The molecule has 1 aliphatic carbocycles. The Morgan fingerprint density at radius 1 is 1.42 bits per heavy atom. The molecule has 0 aliphatic heterocycles. The standard InChI is InChI=1S/C14H18N2O3/c1-9-6-7-11(8-9)15-14(17)12-4-3-5-13(10(12)2)16(18)19/h3-5,9,11H,6-8H2,1-2H3,(H,15,17). The third-order valence-corrected chi connectivity index (χ3v) is 3.78. The Morgan fingerprint density at radius 2 is 2.16 bits per heavy atom. The van der Waals surface area contributed by atoms with Crippen molar-refractivity contribution in [2.24, 2.45) is 5.92 Å². The second-order valence-corrected chi connectivity index (χ2v) is 5.30. The maximum absolute atomic E-state index is 12.2. The van der Waals surface area contributed by atoms with E-state index >= 15 is 0 Å². The van der Waals surface area contributed by atoms with Gasteiger partial charge in [-0.1, -0.05) is 13.0 Å². The third-order valence-electron chi connectivity index (χ3n) is 3.78. The van der Waals surface area contributed by atoms with Crippen LogP contribution in [0.5, 0.6) is 0 Å². The number of nitro groups is 1. The second kappa shape index (κ2) is 5.38. The molecule has 0 radical (unpaired) electrons. The minimum Gasteiger partial charge on any atom is -0.349 e. The van der Waals surface area contributed by atoms with E-state index < -0.39 is 4.92 Å². The molecule has 0 bridgehead atoms. The number of rotatable bonds is 3. The van der Waals surface area contributed by atoms with Crippen LogP contribution in [0.4, 0.5) is 5.69 Å². The quantitative estimate of drug-likeness (QED) is 0.672. The molecule has 1 aliphatic rings. The molecule has 2 unspecified atom stereocenters. The summed E-state index contributed by atoms with van der Waals surface area (Å²) >= 11 is 0. The van der Waals surface area contributed by atoms with Crippen molar-refractivity contribution in [3.63, 3.8) is 0 Å². The highest BCUT2D eigenvalue weighted by atomic mass is 16.6. The zero-order valence-electron chi connectivity index (χ0n) is 11.2. The molecule has 0 aromatic heterocycles. The topological polar surface area (TPSA) is 72.2 Å². The molecule has 0 spiro atoms. The van der Waals surface area contributed by atoms with Gasteiger partial charge in [-0.05, 0) is 38.2 Å². The van der Waals surface area contributed by atoms with Gasteiger partial charge < -0.3 is 5.32 Å². The molecule has 19 heavy (non-hydrogen) atoms. The summed E-state index contributed by atoms with van der Waals surface area (Å²) in [7, 11) is 0. The van der Waals surface area contributed by atoms with Crippen LogP contribution in [-0.4, -0.2) is 16.9 Å². The van der Waals surface area contributed by atoms with Crippen LogP contribution in [0.3, 0.4) is 0 Å². The van der Waals surface area contributed by atoms with Gasteiger partial charge in [-0.15, -0.1) is 0 Å². The Hall–Kier alpha value is -1.91. The van der Waals surface area contributed by atoms with E-state index in [4.69, 9.17) is 0 Å². The Labute approximate surface area is 112 Å². The van der Waals surface area contributed by atoms with Gasteiger partial charge >= 0.3 is 0 Å². The number of amides is 1. The molecule has 2 rings (SSSR count). The van der Waals surface area contributed by atoms with Gasteiger partial charge in [0.1, 0.15) is 0 Å². The van der Waals surface area contributed by atoms with Crippen LogP contribution >= 0.6 is 0 Å². The van der Waals surface area contributed by atoms with E-state index in [2.05, 4.69) is 12.2 Å². The van der Waals surface area contributed by atoms with Crippen molar-refractivity contribution >= 4 is 11.6 Å². The summed E-state index contributed by atoms with van der Waals surface area (Å²) in [5.74, 6) is 0.428. The highest BCUT2D eigenvalue weighted by molar-refractivity contribution is 5.96. The Bertz CT molecular complexity index is 513. The Kier molecular flexibility index (Phi) is 3.83. The molecule has 5 nitrogen and oxygen atoms in total. The first-order valence-corrected chi connectivity index (χ1v) is 6.54. The zero-order valence-corrected chi connectivity index (χ0v) is 11.2. The van der Waals surface area contributed by atoms with Gasteiger partial charge in [0.15, 0.2) is 0 Å². The van der Waals surface area contributed by atoms with Crippen molar-refractivity contribution in [1.82, 2.24) is 5.32 Å². The van der Waals surface area contributed by atoms with Crippen molar-refractivity contribution in [2.75, 3.05) is 0 Å². The number of hydrogen-bond acceptors (Lipinski definition) is 3. The van der Waals surface area contributed by atoms with Crippen molar-refractivity contribution in [3.05, 3.63) is 39.4 Å². The molecule has 1 N–H and O–H groups in total. The maximum atomic E-state index is 12.2. The van der Waals surface area contributed by atoms with Gasteiger partial charge in [0.05, 0.1) is 4.92 Å². The summed E-state index contributed by atoms with van der Waals surface area (Å²) in [6.07, 6.45) is 3.10. The zero-order chi connectivity index (χ0) is 14.0. The largest absolute Gasteiger partial charge is 0.349 e. The molecule has 102 valence electrons. The van der Waals surface area contributed by atoms with E-state index in [-0.39, 0.29) is 17.6 Å². The van der Waals surface area contributed by atoms with E-state index in [1.165, 1.54) is 6.07 Å². The summed E-state index contributed by atoms with van der Waals surface area (Å²) in [5, 5.41) is 13.8. The molecule has 1 aromatic rings. The van der Waals surface area contributed by atoms with Gasteiger partial charge in [0.25, 0.3) is 11.6 Å². The lowest BCUT2D eigenvalue weighted by Gasteiger charge is -2.13. The molecular formula is C14H18N2O3. The molecule has 2 atom stereocenters. The minimum absolute atomic E-state index is 0.00700. The summed E-state index contributed by atoms with van der Waals surface area (Å²) in [5.41, 5.74) is 0.817. The van der Waals surface area contributed by atoms with Crippen LogP contribution in [0.1, 0.15) is 42.1 Å². The lowest BCUT2D eigenvalue weighted by Crippen LogP contribution is -2.33. The highest BCUT2D eigenvalue weighted by Crippen LogP contribution is 2.26. The number of nitrogens with zero attached hydrogens (tertiary/aromatic N) is 1. The van der Waals surface area contributed by atoms with Crippen LogP contribution < -0.4 is 5.32 Å². The maximum Gasteiger partial charge on any atom is 0.273 e. The third kappa shape index (κ3) is 2.92. The molecular weight excluding hydrogens is 244 g/mol. The SMILES string of the molecule is Cc1c(C(=O)NC2CCC(C)C2)cccc1[N+](=O)[O-]. The van der Waals surface area contributed by atoms with Crippen LogP contribution in [0.15, 0.2) is 18.2 Å². The molecule has 5 heteroatoms. The monoisotopic (exact) mass is 262 g/mol. The number of carbonyl (C=O) groups excluding carboxylic acids is 1. The molecule has 0 heterocycles. The van der Waals surface area contributed by atoms with E-state index in [0.717, 1.165) is 19.3 Å². The van der Waals surface area contributed by atoms with Crippen LogP contribution in [0, 0.1) is 23.0 Å². The first kappa shape index (κ1) is 13.5. The number of nitrogens with one attached hydrogen (secondary N) is 1. The van der Waals surface area contributed by atoms with Gasteiger partial charge in [-0.2, -0.15) is 0 Å². The average Bonchev–Trinajstić information content (AvgIpc) is 2.74. The smallest absolute Gasteiger partial charge is 0.273 e. The van der Waals surface area contributed by atoms with Gasteiger partial charge in [0.2, 0.25) is 0 Å². The average molecular weight is 262 g/mol. The fourth-order valence-electron chi connectivity index (χ4n) is 2.67. The first-order valence-electron chi connectivity index (χ1n) is 6.54. The van der Waals surface area contributed by atoms with Crippen LogP contribution in [-0.2, 0) is 0 Å². The Balaban J connectivity index is 2.15. The highest BCUT2D eigenvalue weighted by Gasteiger charge is 2.25. The van der Waals surface area contributed by atoms with Crippen molar-refractivity contribution in [3.8, 4) is 0 Å². The summed E-state index contributed by atoms with van der Waals surface area (Å²) in [6, 6.07) is 4.80. The normalized spacial score (nSPS) is 22.2. The fourth-order valence-corrected chi connectivity index (χ4v) is 2.67. The molecule has 1 fully saturated rings. The molecule has 1 amide bonds. The van der Waals surface area contributed by atoms with Gasteiger partial charge in [-0.3, -0.25) is 14.9 Å². The predicted molar refractivity (Wildman–Crippen MR) is 72.1 cm³/mol. The van der Waals surface area contributed by atoms with E-state index in [1.54, 1.807) is 19.1 Å². The lowest BCUT2D eigenvalue weighted by atomic mass is 10.1. The lowest BCUT2D eigenvalue weighted by molar-refractivity contribution is -0.385. The summed E-state index contributed by atoms with van der Waals surface area (Å²) in [4.78, 5) is 22.6. The van der Waals surface area contributed by atoms with Gasteiger partial charge in [-0.25, -0.2) is 0 Å². The number of nitro benzene ring substituents is 1. The van der Waals surface area contributed by atoms with Crippen molar-refractivity contribution < 1.29 is 9.72 Å². The molecule has 1 saturated carbocycles. The summed E-state index contributed by atoms with van der Waals surface area (Å²) in [6.45, 7) is 3.79. The second-order valence-electron chi connectivity index (χ2n) is 5.30. The van der Waals surface area contributed by atoms with Crippen molar-refractivity contribution in [2.45, 2.75) is 39.2 Å². The van der Waals surface area contributed by atoms with Crippen LogP contribution in [0.25, 0.3) is 0 Å². The molecule has 0 saturated heterocycles. The van der Waals surface area contributed by atoms with E-state index in [1.807, 2.05) is 0 Å². The minimum atomic E-state index is -0.455.